The van der Waals surface area contributed by atoms with Crippen molar-refractivity contribution in [2.24, 2.45) is 0 Å². The number of cyclic esters (lactones) is 1. The molecule has 2 rings (SSSR count). The molecule has 1 atom stereocenters. The molecule has 1 unspecified atom stereocenters. The van der Waals surface area contributed by atoms with E-state index < -0.39 is 0 Å². The SMILES string of the molecule is O=C1O[CH]C2CNCCN12. The van der Waals surface area contributed by atoms with Crippen LogP contribution in [0, 0.1) is 6.61 Å². The highest BCUT2D eigenvalue weighted by Gasteiger charge is 2.34. The standard InChI is InChI=1S/C6H9N2O2/c9-6-8-2-1-7-3-5(8)4-10-6/h4-5,7H,1-3H2. The fourth-order valence-corrected chi connectivity index (χ4v) is 1.28. The summed E-state index contributed by atoms with van der Waals surface area (Å²) in [4.78, 5) is 12.6. The largest absolute Gasteiger partial charge is 0.440 e. The summed E-state index contributed by atoms with van der Waals surface area (Å²) in [5, 5.41) is 3.17. The van der Waals surface area contributed by atoms with Crippen LogP contribution >= 0.6 is 0 Å². The maximum Gasteiger partial charge on any atom is 0.410 e. The van der Waals surface area contributed by atoms with E-state index in [1.165, 1.54) is 0 Å². The number of piperazine rings is 1. The minimum Gasteiger partial charge on any atom is -0.440 e. The lowest BCUT2D eigenvalue weighted by molar-refractivity contribution is 0.160. The van der Waals surface area contributed by atoms with Crippen molar-refractivity contribution in [1.82, 2.24) is 10.2 Å². The zero-order valence-corrected chi connectivity index (χ0v) is 5.54. The quantitative estimate of drug-likeness (QED) is 0.498. The summed E-state index contributed by atoms with van der Waals surface area (Å²) < 4.78 is 4.72. The highest BCUT2D eigenvalue weighted by atomic mass is 16.6. The van der Waals surface area contributed by atoms with Gasteiger partial charge in [-0.15, -0.1) is 0 Å². The molecule has 4 nitrogen and oxygen atoms in total. The molecule has 2 fully saturated rings. The van der Waals surface area contributed by atoms with Crippen LogP contribution in [0.1, 0.15) is 0 Å². The number of rotatable bonds is 0. The Morgan fingerprint density at radius 3 is 3.50 bits per heavy atom. The summed E-state index contributed by atoms with van der Waals surface area (Å²) in [6.45, 7) is 4.06. The topological polar surface area (TPSA) is 41.6 Å². The molecule has 0 saturated carbocycles. The molecule has 0 aliphatic carbocycles. The van der Waals surface area contributed by atoms with Crippen molar-refractivity contribution in [1.29, 1.82) is 0 Å². The number of fused-ring (bicyclic) bond motifs is 1. The number of carbonyl (C=O) groups is 1. The monoisotopic (exact) mass is 141 g/mol. The van der Waals surface area contributed by atoms with E-state index in [4.69, 9.17) is 4.74 Å². The average Bonchev–Trinajstić information content (AvgIpc) is 2.34. The Bertz CT molecular complexity index is 160. The number of carbonyl (C=O) groups excluding carboxylic acids is 1. The summed E-state index contributed by atoms with van der Waals surface area (Å²) in [6, 6.07) is 0.168. The molecule has 2 aliphatic heterocycles. The molecule has 10 heavy (non-hydrogen) atoms. The smallest absolute Gasteiger partial charge is 0.410 e. The summed E-state index contributed by atoms with van der Waals surface area (Å²) in [6.07, 6.45) is -0.202. The van der Waals surface area contributed by atoms with Crippen LogP contribution in [0.2, 0.25) is 0 Å². The first-order valence-corrected chi connectivity index (χ1v) is 3.39. The maximum absolute atomic E-state index is 10.9. The average molecular weight is 141 g/mol. The van der Waals surface area contributed by atoms with E-state index in [0.717, 1.165) is 19.6 Å². The molecule has 0 aromatic rings. The molecule has 55 valence electrons. The first kappa shape index (κ1) is 5.97. The number of hydrogen-bond donors (Lipinski definition) is 1. The zero-order chi connectivity index (χ0) is 6.97. The van der Waals surface area contributed by atoms with E-state index in [9.17, 15) is 4.79 Å². The molecule has 0 aromatic carbocycles. The Kier molecular flexibility index (Phi) is 1.27. The maximum atomic E-state index is 10.9. The molecule has 1 amide bonds. The molecule has 0 aromatic heterocycles. The highest BCUT2D eigenvalue weighted by molar-refractivity contribution is 5.71. The molecule has 2 aliphatic rings. The Morgan fingerprint density at radius 1 is 1.80 bits per heavy atom. The molecular weight excluding hydrogens is 132 g/mol. The van der Waals surface area contributed by atoms with Gasteiger partial charge < -0.3 is 10.1 Å². The molecule has 0 spiro atoms. The first-order chi connectivity index (χ1) is 4.88. The lowest BCUT2D eigenvalue weighted by atomic mass is 10.2. The Balaban J connectivity index is 2.08. The molecule has 2 saturated heterocycles. The summed E-state index contributed by atoms with van der Waals surface area (Å²) >= 11 is 0. The number of nitrogens with zero attached hydrogens (tertiary/aromatic N) is 1. The number of nitrogens with one attached hydrogen (secondary N) is 1. The van der Waals surface area contributed by atoms with Gasteiger partial charge in [0.25, 0.3) is 0 Å². The third-order valence-electron chi connectivity index (χ3n) is 1.84. The Morgan fingerprint density at radius 2 is 2.70 bits per heavy atom. The molecule has 2 heterocycles. The van der Waals surface area contributed by atoms with E-state index in [0.29, 0.717) is 0 Å². The van der Waals surface area contributed by atoms with Gasteiger partial charge in [-0.1, -0.05) is 0 Å². The van der Waals surface area contributed by atoms with Crippen molar-refractivity contribution in [2.45, 2.75) is 6.04 Å². The fraction of sp³-hybridized carbons (Fsp3) is 0.667. The fourth-order valence-electron chi connectivity index (χ4n) is 1.28. The van der Waals surface area contributed by atoms with E-state index in [-0.39, 0.29) is 12.1 Å². The second kappa shape index (κ2) is 2.12. The predicted octanol–water partition coefficient (Wildman–Crippen LogP) is -0.428. The van der Waals surface area contributed by atoms with E-state index in [2.05, 4.69) is 5.32 Å². The van der Waals surface area contributed by atoms with Gasteiger partial charge in [-0.3, -0.25) is 4.90 Å². The van der Waals surface area contributed by atoms with Crippen LogP contribution < -0.4 is 5.32 Å². The van der Waals surface area contributed by atoms with Crippen molar-refractivity contribution >= 4 is 6.09 Å². The number of amides is 1. The number of ether oxygens (including phenoxy) is 1. The van der Waals surface area contributed by atoms with Crippen LogP contribution in [0.3, 0.4) is 0 Å². The van der Waals surface area contributed by atoms with Gasteiger partial charge in [-0.05, 0) is 0 Å². The van der Waals surface area contributed by atoms with Gasteiger partial charge in [0.2, 0.25) is 0 Å². The highest BCUT2D eigenvalue weighted by Crippen LogP contribution is 2.16. The third kappa shape index (κ3) is 0.759. The second-order valence-electron chi connectivity index (χ2n) is 2.48. The van der Waals surface area contributed by atoms with Gasteiger partial charge in [-0.2, -0.15) is 0 Å². The van der Waals surface area contributed by atoms with Gasteiger partial charge in [0, 0.05) is 19.6 Å². The van der Waals surface area contributed by atoms with E-state index in [1.54, 1.807) is 11.5 Å². The Hall–Kier alpha value is -0.770. The third-order valence-corrected chi connectivity index (χ3v) is 1.84. The first-order valence-electron chi connectivity index (χ1n) is 3.39. The van der Waals surface area contributed by atoms with Crippen molar-refractivity contribution in [3.8, 4) is 0 Å². The molecule has 1 radical (unpaired) electrons. The second-order valence-corrected chi connectivity index (χ2v) is 2.48. The lowest BCUT2D eigenvalue weighted by Gasteiger charge is -2.26. The van der Waals surface area contributed by atoms with Gasteiger partial charge in [-0.25, -0.2) is 4.79 Å². The normalized spacial score (nSPS) is 31.8. The number of hydrogen-bond acceptors (Lipinski definition) is 3. The van der Waals surface area contributed by atoms with Crippen molar-refractivity contribution in [3.05, 3.63) is 6.61 Å². The summed E-state index contributed by atoms with van der Waals surface area (Å²) in [7, 11) is 0. The van der Waals surface area contributed by atoms with Crippen molar-refractivity contribution in [3.63, 3.8) is 0 Å². The lowest BCUT2D eigenvalue weighted by Crippen LogP contribution is -2.49. The van der Waals surface area contributed by atoms with Crippen LogP contribution in [-0.2, 0) is 4.74 Å². The molecule has 0 bridgehead atoms. The molecule has 1 N–H and O–H groups in total. The van der Waals surface area contributed by atoms with Crippen LogP contribution in [0.4, 0.5) is 4.79 Å². The van der Waals surface area contributed by atoms with Crippen LogP contribution in [0.25, 0.3) is 0 Å². The Labute approximate surface area is 59.1 Å². The summed E-state index contributed by atoms with van der Waals surface area (Å²) in [5.74, 6) is 0. The van der Waals surface area contributed by atoms with Crippen LogP contribution in [0.15, 0.2) is 0 Å². The van der Waals surface area contributed by atoms with E-state index >= 15 is 0 Å². The summed E-state index contributed by atoms with van der Waals surface area (Å²) in [5.41, 5.74) is 0. The van der Waals surface area contributed by atoms with Gasteiger partial charge >= 0.3 is 6.09 Å². The molecule has 4 heteroatoms. The van der Waals surface area contributed by atoms with Gasteiger partial charge in [0.05, 0.1) is 6.04 Å². The van der Waals surface area contributed by atoms with E-state index in [1.807, 2.05) is 0 Å². The minimum atomic E-state index is -0.202. The minimum absolute atomic E-state index is 0.168. The van der Waals surface area contributed by atoms with Crippen molar-refractivity contribution < 1.29 is 9.53 Å². The van der Waals surface area contributed by atoms with Gasteiger partial charge in [0.15, 0.2) is 6.61 Å². The van der Waals surface area contributed by atoms with Crippen molar-refractivity contribution in [2.75, 3.05) is 19.6 Å². The molecular formula is C6H9N2O2. The van der Waals surface area contributed by atoms with Crippen LogP contribution in [0.5, 0.6) is 0 Å². The van der Waals surface area contributed by atoms with Crippen LogP contribution in [-0.4, -0.2) is 36.7 Å². The van der Waals surface area contributed by atoms with Gasteiger partial charge in [0.1, 0.15) is 0 Å². The zero-order valence-electron chi connectivity index (χ0n) is 5.54. The predicted molar refractivity (Wildman–Crippen MR) is 34.1 cm³/mol.